The van der Waals surface area contributed by atoms with Crippen LogP contribution in [0.25, 0.3) is 0 Å². The second-order valence-electron chi connectivity index (χ2n) is 5.02. The Morgan fingerprint density at radius 3 is 2.65 bits per heavy atom. The van der Waals surface area contributed by atoms with Crippen LogP contribution in [0.3, 0.4) is 0 Å². The third-order valence-corrected chi connectivity index (χ3v) is 5.19. The number of benzene rings is 1. The van der Waals surface area contributed by atoms with Crippen LogP contribution in [0, 0.1) is 5.92 Å². The predicted octanol–water partition coefficient (Wildman–Crippen LogP) is 1.78. The van der Waals surface area contributed by atoms with E-state index in [1.165, 1.54) is 0 Å². The summed E-state index contributed by atoms with van der Waals surface area (Å²) >= 11 is 6.07. The van der Waals surface area contributed by atoms with E-state index in [4.69, 9.17) is 21.4 Å². The first-order chi connectivity index (χ1) is 9.27. The number of carbonyl (C=O) groups is 1. The molecule has 1 heterocycles. The molecule has 1 atom stereocenters. The molecule has 1 aromatic carbocycles. The maximum absolute atomic E-state index is 11.0. The summed E-state index contributed by atoms with van der Waals surface area (Å²) in [4.78, 5) is 10.8. The van der Waals surface area contributed by atoms with Crippen LogP contribution in [-0.2, 0) is 21.1 Å². The van der Waals surface area contributed by atoms with Crippen molar-refractivity contribution in [2.75, 3.05) is 11.5 Å². The van der Waals surface area contributed by atoms with Crippen molar-refractivity contribution in [2.45, 2.75) is 19.4 Å². The number of sulfone groups is 1. The summed E-state index contributed by atoms with van der Waals surface area (Å²) in [7, 11) is -2.93. The minimum atomic E-state index is -2.93. The van der Waals surface area contributed by atoms with Crippen molar-refractivity contribution in [3.63, 3.8) is 0 Å². The number of carboxylic acid groups (broad SMARTS) is 1. The topological polar surface area (TPSA) is 80.7 Å². The van der Waals surface area contributed by atoms with Crippen LogP contribution in [-0.4, -0.2) is 37.1 Å². The second kappa shape index (κ2) is 5.61. The lowest BCUT2D eigenvalue weighted by molar-refractivity contribution is -0.141. The van der Waals surface area contributed by atoms with Crippen molar-refractivity contribution in [1.82, 2.24) is 0 Å². The monoisotopic (exact) mass is 318 g/mol. The summed E-state index contributed by atoms with van der Waals surface area (Å²) in [6, 6.07) is 5.05. The van der Waals surface area contributed by atoms with E-state index in [0.717, 1.165) is 5.56 Å². The largest absolute Gasteiger partial charge is 0.487 e. The van der Waals surface area contributed by atoms with Gasteiger partial charge in [0, 0.05) is 0 Å². The molecule has 20 heavy (non-hydrogen) atoms. The molecule has 0 aromatic heterocycles. The van der Waals surface area contributed by atoms with Crippen LogP contribution in [0.2, 0.25) is 5.02 Å². The Labute approximate surface area is 122 Å². The summed E-state index contributed by atoms with van der Waals surface area (Å²) < 4.78 is 27.6. The molecule has 0 bridgehead atoms. The highest BCUT2D eigenvalue weighted by atomic mass is 35.5. The average Bonchev–Trinajstić information content (AvgIpc) is 2.30. The van der Waals surface area contributed by atoms with Crippen molar-refractivity contribution in [3.8, 4) is 5.75 Å². The molecule has 1 aliphatic heterocycles. The molecule has 110 valence electrons. The summed E-state index contributed by atoms with van der Waals surface area (Å²) in [5.41, 5.74) is 0.804. The lowest BCUT2D eigenvalue weighted by Gasteiger charge is -2.27. The number of aliphatic carboxylic acids is 1. The molecular weight excluding hydrogens is 304 g/mol. The zero-order valence-corrected chi connectivity index (χ0v) is 12.4. The second-order valence-corrected chi connectivity index (χ2v) is 7.59. The SMILES string of the molecule is CC(Cc1ccc(OC2CS(=O)(=O)C2)c(Cl)c1)C(=O)O. The molecule has 7 heteroatoms. The van der Waals surface area contributed by atoms with Crippen LogP contribution in [0.15, 0.2) is 18.2 Å². The first-order valence-corrected chi connectivity index (χ1v) is 8.35. The molecule has 0 radical (unpaired) electrons. The summed E-state index contributed by atoms with van der Waals surface area (Å²) in [5.74, 6) is -0.892. The van der Waals surface area contributed by atoms with E-state index in [0.29, 0.717) is 17.2 Å². The van der Waals surface area contributed by atoms with E-state index in [2.05, 4.69) is 0 Å². The standard InChI is InChI=1S/C13H15ClO5S/c1-8(13(15)16)4-9-2-3-12(11(14)5-9)19-10-6-20(17,18)7-10/h2-3,5,8,10H,4,6-7H2,1H3,(H,15,16). The Balaban J connectivity index is 2.01. The minimum absolute atomic E-state index is 0.0150. The van der Waals surface area contributed by atoms with Crippen molar-refractivity contribution >= 4 is 27.4 Å². The molecule has 0 aliphatic carbocycles. The van der Waals surface area contributed by atoms with Crippen molar-refractivity contribution in [2.24, 2.45) is 5.92 Å². The van der Waals surface area contributed by atoms with Crippen LogP contribution >= 0.6 is 11.6 Å². The number of halogens is 1. The van der Waals surface area contributed by atoms with Crippen molar-refractivity contribution in [1.29, 1.82) is 0 Å². The fraction of sp³-hybridized carbons (Fsp3) is 0.462. The first-order valence-electron chi connectivity index (χ1n) is 6.15. The lowest BCUT2D eigenvalue weighted by atomic mass is 10.0. The highest BCUT2D eigenvalue weighted by Crippen LogP contribution is 2.29. The van der Waals surface area contributed by atoms with Crippen LogP contribution in [0.5, 0.6) is 5.75 Å². The van der Waals surface area contributed by atoms with Gasteiger partial charge in [-0.2, -0.15) is 0 Å². The Morgan fingerprint density at radius 1 is 1.50 bits per heavy atom. The molecule has 0 spiro atoms. The maximum Gasteiger partial charge on any atom is 0.306 e. The third-order valence-electron chi connectivity index (χ3n) is 3.13. The molecule has 1 saturated heterocycles. The fourth-order valence-corrected chi connectivity index (χ4v) is 3.39. The molecule has 1 aliphatic rings. The van der Waals surface area contributed by atoms with Gasteiger partial charge in [0.15, 0.2) is 9.84 Å². The highest BCUT2D eigenvalue weighted by Gasteiger charge is 2.35. The molecule has 1 N–H and O–H groups in total. The van der Waals surface area contributed by atoms with Gasteiger partial charge in [-0.15, -0.1) is 0 Å². The molecule has 1 aromatic rings. The Bertz CT molecular complexity index is 614. The number of rotatable bonds is 5. The molecule has 5 nitrogen and oxygen atoms in total. The van der Waals surface area contributed by atoms with E-state index in [1.54, 1.807) is 25.1 Å². The van der Waals surface area contributed by atoms with Crippen LogP contribution < -0.4 is 4.74 Å². The Morgan fingerprint density at radius 2 is 2.15 bits per heavy atom. The van der Waals surface area contributed by atoms with Gasteiger partial charge in [-0.3, -0.25) is 4.79 Å². The highest BCUT2D eigenvalue weighted by molar-refractivity contribution is 7.92. The van der Waals surface area contributed by atoms with Gasteiger partial charge in [-0.05, 0) is 24.1 Å². The molecule has 0 saturated carbocycles. The quantitative estimate of drug-likeness (QED) is 0.895. The van der Waals surface area contributed by atoms with Gasteiger partial charge in [0.25, 0.3) is 0 Å². The summed E-state index contributed by atoms with van der Waals surface area (Å²) in [6.07, 6.45) is 0.0361. The van der Waals surface area contributed by atoms with Crippen molar-refractivity contribution < 1.29 is 23.1 Å². The maximum atomic E-state index is 11.0. The van der Waals surface area contributed by atoms with Crippen LogP contribution in [0.4, 0.5) is 0 Å². The van der Waals surface area contributed by atoms with E-state index < -0.39 is 21.7 Å². The third kappa shape index (κ3) is 3.64. The van der Waals surface area contributed by atoms with Gasteiger partial charge in [-0.25, -0.2) is 8.42 Å². The van der Waals surface area contributed by atoms with Gasteiger partial charge < -0.3 is 9.84 Å². The smallest absolute Gasteiger partial charge is 0.306 e. The molecular formula is C13H15ClO5S. The van der Waals surface area contributed by atoms with Gasteiger partial charge in [0.2, 0.25) is 0 Å². The van der Waals surface area contributed by atoms with Crippen molar-refractivity contribution in [3.05, 3.63) is 28.8 Å². The Kier molecular flexibility index (Phi) is 4.25. The van der Waals surface area contributed by atoms with E-state index in [9.17, 15) is 13.2 Å². The number of carboxylic acids is 1. The zero-order valence-electron chi connectivity index (χ0n) is 10.9. The minimum Gasteiger partial charge on any atom is -0.487 e. The first kappa shape index (κ1) is 15.1. The number of hydrogen-bond donors (Lipinski definition) is 1. The van der Waals surface area contributed by atoms with E-state index >= 15 is 0 Å². The Hall–Kier alpha value is -1.27. The molecule has 2 rings (SSSR count). The van der Waals surface area contributed by atoms with E-state index in [1.807, 2.05) is 0 Å². The van der Waals surface area contributed by atoms with E-state index in [-0.39, 0.29) is 17.6 Å². The summed E-state index contributed by atoms with van der Waals surface area (Å²) in [5, 5.41) is 9.23. The molecule has 1 unspecified atom stereocenters. The van der Waals surface area contributed by atoms with Crippen LogP contribution in [0.1, 0.15) is 12.5 Å². The summed E-state index contributed by atoms with van der Waals surface area (Å²) in [6.45, 7) is 1.62. The lowest BCUT2D eigenvalue weighted by Crippen LogP contribution is -2.45. The zero-order chi connectivity index (χ0) is 14.9. The number of ether oxygens (including phenoxy) is 1. The van der Waals surface area contributed by atoms with Gasteiger partial charge in [-0.1, -0.05) is 24.6 Å². The predicted molar refractivity (Wildman–Crippen MR) is 75.0 cm³/mol. The van der Waals surface area contributed by atoms with Gasteiger partial charge >= 0.3 is 5.97 Å². The molecule has 1 fully saturated rings. The van der Waals surface area contributed by atoms with Gasteiger partial charge in [0.1, 0.15) is 11.9 Å². The van der Waals surface area contributed by atoms with Gasteiger partial charge in [0.05, 0.1) is 22.4 Å². The number of hydrogen-bond acceptors (Lipinski definition) is 4. The normalized spacial score (nSPS) is 19.1. The average molecular weight is 319 g/mol. The fourth-order valence-electron chi connectivity index (χ4n) is 1.97. The molecule has 0 amide bonds.